The van der Waals surface area contributed by atoms with E-state index in [-0.39, 0.29) is 5.91 Å². The molecule has 4 nitrogen and oxygen atoms in total. The van der Waals surface area contributed by atoms with Crippen molar-refractivity contribution in [2.24, 2.45) is 11.8 Å². The maximum Gasteiger partial charge on any atom is 0.315 e. The molecule has 14 heavy (non-hydrogen) atoms. The summed E-state index contributed by atoms with van der Waals surface area (Å²) in [5, 5.41) is 8.69. The van der Waals surface area contributed by atoms with Gasteiger partial charge in [-0.25, -0.2) is 0 Å². The van der Waals surface area contributed by atoms with Crippen LogP contribution in [0.1, 0.15) is 26.7 Å². The third kappa shape index (κ3) is 2.25. The highest BCUT2D eigenvalue weighted by Crippen LogP contribution is 2.20. The van der Waals surface area contributed by atoms with Crippen molar-refractivity contribution >= 4 is 11.9 Å². The number of amides is 1. The molecule has 0 aromatic rings. The number of rotatable bonds is 3. The van der Waals surface area contributed by atoms with Gasteiger partial charge in [0.25, 0.3) is 0 Å². The van der Waals surface area contributed by atoms with E-state index in [9.17, 15) is 9.59 Å². The molecule has 0 aromatic carbocycles. The Morgan fingerprint density at radius 1 is 1.57 bits per heavy atom. The van der Waals surface area contributed by atoms with Gasteiger partial charge in [-0.2, -0.15) is 0 Å². The van der Waals surface area contributed by atoms with Crippen molar-refractivity contribution in [3.8, 4) is 0 Å². The van der Waals surface area contributed by atoms with Crippen LogP contribution in [0.5, 0.6) is 0 Å². The van der Waals surface area contributed by atoms with Gasteiger partial charge in [-0.3, -0.25) is 9.59 Å². The summed E-state index contributed by atoms with van der Waals surface area (Å²) in [6.45, 7) is 4.99. The highest BCUT2D eigenvalue weighted by atomic mass is 16.4. The monoisotopic (exact) mass is 199 g/mol. The zero-order chi connectivity index (χ0) is 10.7. The molecule has 0 radical (unpaired) electrons. The maximum absolute atomic E-state index is 11.6. The second-order valence-corrected chi connectivity index (χ2v) is 3.91. The van der Waals surface area contributed by atoms with Crippen molar-refractivity contribution in [2.75, 3.05) is 13.1 Å². The number of aliphatic carboxylic acids is 1. The SMILES string of the molecule is CCC1CCN(C(=O)C(C)C(=O)O)C1. The van der Waals surface area contributed by atoms with Gasteiger partial charge in [-0.1, -0.05) is 13.3 Å². The third-order valence-electron chi connectivity index (χ3n) is 2.92. The Bertz CT molecular complexity index is 240. The average molecular weight is 199 g/mol. The van der Waals surface area contributed by atoms with Crippen LogP contribution in [0, 0.1) is 11.8 Å². The number of hydrogen-bond donors (Lipinski definition) is 1. The van der Waals surface area contributed by atoms with Gasteiger partial charge < -0.3 is 10.0 Å². The lowest BCUT2D eigenvalue weighted by Gasteiger charge is -2.18. The number of carboxylic acids is 1. The fraction of sp³-hybridized carbons (Fsp3) is 0.800. The standard InChI is InChI=1S/C10H17NO3/c1-3-8-4-5-11(6-8)9(12)7(2)10(13)14/h7-8H,3-6H2,1-2H3,(H,13,14). The predicted octanol–water partition coefficient (Wildman–Crippen LogP) is 0.966. The van der Waals surface area contributed by atoms with Crippen LogP contribution in [0.3, 0.4) is 0 Å². The lowest BCUT2D eigenvalue weighted by Crippen LogP contribution is -2.36. The predicted molar refractivity (Wildman–Crippen MR) is 51.8 cm³/mol. The molecular weight excluding hydrogens is 182 g/mol. The topological polar surface area (TPSA) is 57.6 Å². The van der Waals surface area contributed by atoms with E-state index in [1.807, 2.05) is 0 Å². The Hall–Kier alpha value is -1.06. The quantitative estimate of drug-likeness (QED) is 0.689. The number of hydrogen-bond acceptors (Lipinski definition) is 2. The molecule has 1 fully saturated rings. The van der Waals surface area contributed by atoms with Crippen LogP contribution in [0.4, 0.5) is 0 Å². The normalized spacial score (nSPS) is 23.6. The molecule has 1 heterocycles. The van der Waals surface area contributed by atoms with Gasteiger partial charge in [0.15, 0.2) is 0 Å². The van der Waals surface area contributed by atoms with Crippen molar-refractivity contribution < 1.29 is 14.7 Å². The molecule has 0 aliphatic carbocycles. The van der Waals surface area contributed by atoms with E-state index >= 15 is 0 Å². The van der Waals surface area contributed by atoms with Gasteiger partial charge in [0.05, 0.1) is 0 Å². The van der Waals surface area contributed by atoms with Gasteiger partial charge >= 0.3 is 5.97 Å². The van der Waals surface area contributed by atoms with Gasteiger partial charge in [0.1, 0.15) is 5.92 Å². The molecule has 1 aliphatic heterocycles. The third-order valence-corrected chi connectivity index (χ3v) is 2.92. The van der Waals surface area contributed by atoms with Crippen LogP contribution in [-0.4, -0.2) is 35.0 Å². The number of carbonyl (C=O) groups is 2. The van der Waals surface area contributed by atoms with E-state index in [1.165, 1.54) is 6.92 Å². The molecule has 0 aromatic heterocycles. The molecule has 0 bridgehead atoms. The van der Waals surface area contributed by atoms with Crippen molar-refractivity contribution in [3.05, 3.63) is 0 Å². The molecule has 2 atom stereocenters. The number of carboxylic acid groups (broad SMARTS) is 1. The van der Waals surface area contributed by atoms with Gasteiger partial charge in [0, 0.05) is 13.1 Å². The summed E-state index contributed by atoms with van der Waals surface area (Å²) in [6.07, 6.45) is 2.07. The minimum atomic E-state index is -1.03. The number of carbonyl (C=O) groups excluding carboxylic acids is 1. The molecule has 2 unspecified atom stereocenters. The summed E-state index contributed by atoms with van der Waals surface area (Å²) in [5.74, 6) is -1.62. The molecule has 1 saturated heterocycles. The molecule has 80 valence electrons. The summed E-state index contributed by atoms with van der Waals surface area (Å²) < 4.78 is 0. The van der Waals surface area contributed by atoms with E-state index < -0.39 is 11.9 Å². The average Bonchev–Trinajstić information content (AvgIpc) is 2.63. The van der Waals surface area contributed by atoms with Crippen molar-refractivity contribution in [2.45, 2.75) is 26.7 Å². The summed E-state index contributed by atoms with van der Waals surface area (Å²) in [5.41, 5.74) is 0. The highest BCUT2D eigenvalue weighted by Gasteiger charge is 2.30. The van der Waals surface area contributed by atoms with E-state index in [1.54, 1.807) is 4.90 Å². The van der Waals surface area contributed by atoms with Crippen molar-refractivity contribution in [1.29, 1.82) is 0 Å². The lowest BCUT2D eigenvalue weighted by atomic mass is 10.1. The van der Waals surface area contributed by atoms with Crippen LogP contribution in [0.2, 0.25) is 0 Å². The van der Waals surface area contributed by atoms with Gasteiger partial charge in [-0.15, -0.1) is 0 Å². The summed E-state index contributed by atoms with van der Waals surface area (Å²) >= 11 is 0. The second kappa shape index (κ2) is 4.44. The van der Waals surface area contributed by atoms with Crippen molar-refractivity contribution in [1.82, 2.24) is 4.90 Å². The minimum absolute atomic E-state index is 0.242. The maximum atomic E-state index is 11.6. The molecule has 1 N–H and O–H groups in total. The molecular formula is C10H17NO3. The van der Waals surface area contributed by atoms with Gasteiger partial charge in [-0.05, 0) is 19.3 Å². The summed E-state index contributed by atoms with van der Waals surface area (Å²) in [4.78, 5) is 23.9. The number of nitrogens with zero attached hydrogens (tertiary/aromatic N) is 1. The minimum Gasteiger partial charge on any atom is -0.481 e. The van der Waals surface area contributed by atoms with Crippen LogP contribution in [0.25, 0.3) is 0 Å². The zero-order valence-corrected chi connectivity index (χ0v) is 8.69. The molecule has 0 saturated carbocycles. The zero-order valence-electron chi connectivity index (χ0n) is 8.69. The van der Waals surface area contributed by atoms with Crippen molar-refractivity contribution in [3.63, 3.8) is 0 Å². The first kappa shape index (κ1) is 11.0. The first-order valence-electron chi connectivity index (χ1n) is 5.07. The van der Waals surface area contributed by atoms with Crippen LogP contribution >= 0.6 is 0 Å². The van der Waals surface area contributed by atoms with E-state index in [2.05, 4.69) is 6.92 Å². The first-order valence-corrected chi connectivity index (χ1v) is 5.07. The summed E-state index contributed by atoms with van der Waals surface area (Å²) in [7, 11) is 0. The fourth-order valence-electron chi connectivity index (χ4n) is 1.75. The largest absolute Gasteiger partial charge is 0.481 e. The molecule has 1 aliphatic rings. The number of likely N-dealkylation sites (tertiary alicyclic amines) is 1. The smallest absolute Gasteiger partial charge is 0.315 e. The van der Waals surface area contributed by atoms with Gasteiger partial charge in [0.2, 0.25) is 5.91 Å². The highest BCUT2D eigenvalue weighted by molar-refractivity contribution is 5.96. The van der Waals surface area contributed by atoms with Crippen LogP contribution in [-0.2, 0) is 9.59 Å². The van der Waals surface area contributed by atoms with Crippen LogP contribution < -0.4 is 0 Å². The summed E-state index contributed by atoms with van der Waals surface area (Å²) in [6, 6.07) is 0. The Morgan fingerprint density at radius 3 is 2.64 bits per heavy atom. The second-order valence-electron chi connectivity index (χ2n) is 3.91. The Kier molecular flexibility index (Phi) is 3.49. The Labute approximate surface area is 83.9 Å². The molecule has 4 heteroatoms. The molecule has 1 rings (SSSR count). The van der Waals surface area contributed by atoms with E-state index in [4.69, 9.17) is 5.11 Å². The van der Waals surface area contributed by atoms with Crippen LogP contribution in [0.15, 0.2) is 0 Å². The Balaban J connectivity index is 2.51. The first-order chi connectivity index (χ1) is 6.56. The van der Waals surface area contributed by atoms with E-state index in [0.29, 0.717) is 5.92 Å². The fourth-order valence-corrected chi connectivity index (χ4v) is 1.75. The molecule has 0 spiro atoms. The van der Waals surface area contributed by atoms with E-state index in [0.717, 1.165) is 25.9 Å². The Morgan fingerprint density at radius 2 is 2.21 bits per heavy atom. The molecule has 1 amide bonds. The lowest BCUT2D eigenvalue weighted by molar-refractivity contribution is -0.149.